The second-order valence-corrected chi connectivity index (χ2v) is 20.0. The fourth-order valence-electron chi connectivity index (χ4n) is 6.62. The molecular formula is C42H28N6Na4O17S4. The topological polar surface area (TPSA) is 372 Å². The van der Waals surface area contributed by atoms with Crippen LogP contribution in [0.25, 0.3) is 16.8 Å². The molecule has 0 atom stereocenters. The molecule has 0 radical (unpaired) electrons. The third-order valence-electron chi connectivity index (χ3n) is 9.77. The number of para-hydroxylation sites is 1. The molecule has 356 valence electrons. The molecule has 23 nitrogen and oxygen atoms in total. The summed E-state index contributed by atoms with van der Waals surface area (Å²) in [7, 11) is -19.6. The number of amides is 2. The molecule has 0 spiro atoms. The minimum absolute atomic E-state index is 0. The predicted octanol–water partition coefficient (Wildman–Crippen LogP) is -7.28. The third-order valence-corrected chi connectivity index (χ3v) is 13.5. The number of carboxylic acid groups (broad SMARTS) is 1. The zero-order valence-electron chi connectivity index (χ0n) is 38.9. The van der Waals surface area contributed by atoms with Gasteiger partial charge in [-0.1, -0.05) is 36.4 Å². The number of hydrazone groups is 1. The fourth-order valence-corrected chi connectivity index (χ4v) is 9.27. The molecule has 73 heavy (non-hydrogen) atoms. The van der Waals surface area contributed by atoms with Crippen LogP contribution in [0.1, 0.15) is 31.8 Å². The van der Waals surface area contributed by atoms with E-state index in [1.165, 1.54) is 80.8 Å². The summed E-state index contributed by atoms with van der Waals surface area (Å²) in [4.78, 5) is 34.8. The van der Waals surface area contributed by atoms with Crippen LogP contribution in [0, 0.1) is 6.92 Å². The van der Waals surface area contributed by atoms with E-state index in [0.717, 1.165) is 24.3 Å². The second-order valence-electron chi connectivity index (χ2n) is 14.3. The van der Waals surface area contributed by atoms with Crippen molar-refractivity contribution < 1.29 is 194 Å². The van der Waals surface area contributed by atoms with Crippen LogP contribution in [0.5, 0.6) is 11.5 Å². The van der Waals surface area contributed by atoms with Gasteiger partial charge in [-0.3, -0.25) is 10.2 Å². The van der Waals surface area contributed by atoms with E-state index >= 15 is 0 Å². The van der Waals surface area contributed by atoms with Gasteiger partial charge in [0.05, 0.1) is 55.9 Å². The molecule has 0 bridgehead atoms. The smallest absolute Gasteiger partial charge is 0.744 e. The maximum atomic E-state index is 13.5. The molecule has 0 fully saturated rings. The molecule has 2 amide bonds. The minimum Gasteiger partial charge on any atom is -0.744 e. The molecule has 7 rings (SSSR count). The van der Waals surface area contributed by atoms with Crippen molar-refractivity contribution in [3.63, 3.8) is 0 Å². The number of methoxy groups -OCH3 is 1. The Morgan fingerprint density at radius 3 is 1.84 bits per heavy atom. The summed E-state index contributed by atoms with van der Waals surface area (Å²) in [5.74, 6) is -3.48. The Bertz CT molecular complexity index is 3750. The fraction of sp³-hybridized carbons (Fsp3) is 0.0476. The van der Waals surface area contributed by atoms with Gasteiger partial charge in [0.2, 0.25) is 5.78 Å². The number of carbonyl (C=O) groups excluding carboxylic acids is 3. The van der Waals surface area contributed by atoms with Gasteiger partial charge >= 0.3 is 134 Å². The Labute approximate surface area is 504 Å². The monoisotopic (exact) mass is 1110 g/mol. The van der Waals surface area contributed by atoms with Crippen LogP contribution >= 0.6 is 0 Å². The van der Waals surface area contributed by atoms with Gasteiger partial charge in [-0.2, -0.15) is 18.6 Å². The number of fused-ring (bicyclic) bond motifs is 2. The molecule has 0 saturated carbocycles. The van der Waals surface area contributed by atoms with E-state index in [4.69, 9.17) is 8.92 Å². The van der Waals surface area contributed by atoms with Crippen molar-refractivity contribution in [2.45, 2.75) is 21.6 Å². The molecule has 0 saturated heterocycles. The van der Waals surface area contributed by atoms with E-state index in [2.05, 4.69) is 31.4 Å². The van der Waals surface area contributed by atoms with Crippen LogP contribution in [0.15, 0.2) is 144 Å². The largest absolute Gasteiger partial charge is 1.00 e. The van der Waals surface area contributed by atoms with Crippen LogP contribution in [0.2, 0.25) is 0 Å². The number of ketones is 1. The summed E-state index contributed by atoms with van der Waals surface area (Å²) >= 11 is 0. The number of aromatic carboxylic acids is 1. The molecule has 1 aliphatic rings. The van der Waals surface area contributed by atoms with Crippen molar-refractivity contribution in [1.82, 2.24) is 0 Å². The summed E-state index contributed by atoms with van der Waals surface area (Å²) in [5.41, 5.74) is 0.382. The molecule has 0 aliphatic heterocycles. The van der Waals surface area contributed by atoms with Crippen molar-refractivity contribution in [1.29, 1.82) is 0 Å². The van der Waals surface area contributed by atoms with Gasteiger partial charge in [0.1, 0.15) is 46.7 Å². The van der Waals surface area contributed by atoms with Crippen molar-refractivity contribution in [2.75, 3.05) is 23.2 Å². The van der Waals surface area contributed by atoms with E-state index in [1.807, 2.05) is 0 Å². The number of hydrogen-bond acceptors (Lipinski definition) is 21. The zero-order valence-corrected chi connectivity index (χ0v) is 50.2. The molecule has 6 aromatic carbocycles. The second kappa shape index (κ2) is 25.3. The number of hydrogen-bond donors (Lipinski definition) is 3. The summed E-state index contributed by atoms with van der Waals surface area (Å²) in [5, 5.41) is 27.6. The van der Waals surface area contributed by atoms with E-state index in [-0.39, 0.29) is 179 Å². The zero-order chi connectivity index (χ0) is 50.2. The van der Waals surface area contributed by atoms with E-state index in [0.29, 0.717) is 24.3 Å². The number of carboxylic acids is 1. The summed E-state index contributed by atoms with van der Waals surface area (Å²) < 4.78 is 147. The first kappa shape index (κ1) is 63.4. The number of allylic oxidation sites excluding steroid dienone is 1. The van der Waals surface area contributed by atoms with Gasteiger partial charge in [-0.15, -0.1) is 5.11 Å². The number of nitrogens with one attached hydrogen (secondary N) is 3. The standard InChI is InChI=1S/C42H32N6O17S4.4Na/c1-22-14-33(44-42(52)43-25-12-13-29-23(15-25)18-37(68(59,60)61)39(40(29)49)48-45-31-11-7-6-10-30(31)41(50)51)35(64-2)21-32(22)46-47-34-19-27(66(53,54)55)16-24-17-28(67(56,57)58)20-36(38(24)34)65-69(62,63)26-8-4-3-5-9-26;;;;/h3-21,45H,1-2H3,(H,50,51)(H2,43,44,52)(H,53,54,55)(H,56,57,58)(H,59,60,61);;;;/q;4*+1/p-4. The average Bonchev–Trinajstić information content (AvgIpc) is 3.27. The number of urea groups is 1. The normalized spacial score (nSPS) is 13.0. The molecule has 1 aliphatic carbocycles. The van der Waals surface area contributed by atoms with Crippen molar-refractivity contribution in [3.05, 3.63) is 136 Å². The number of carbonyl (C=O) groups is 3. The Hall–Kier alpha value is -3.92. The van der Waals surface area contributed by atoms with Gasteiger partial charge < -0.3 is 43.1 Å². The number of aryl methyl sites for hydroxylation is 1. The Kier molecular flexibility index (Phi) is 21.9. The first-order valence-corrected chi connectivity index (χ1v) is 24.7. The summed E-state index contributed by atoms with van der Waals surface area (Å²) in [6, 6.07) is 19.8. The van der Waals surface area contributed by atoms with Crippen LogP contribution in [-0.4, -0.2) is 77.9 Å². The van der Waals surface area contributed by atoms with Crippen LogP contribution in [0.3, 0.4) is 0 Å². The molecule has 0 unspecified atom stereocenters. The first-order valence-electron chi connectivity index (χ1n) is 19.1. The number of ether oxygens (including phenoxy) is 1. The number of anilines is 3. The first-order chi connectivity index (χ1) is 32.3. The van der Waals surface area contributed by atoms with E-state index in [9.17, 15) is 66.8 Å². The number of Topliss-reactive ketones (excluding diaryl/α,β-unsaturated/α-hetero) is 1. The van der Waals surface area contributed by atoms with Crippen LogP contribution in [0.4, 0.5) is 33.2 Å². The van der Waals surface area contributed by atoms with Gasteiger partial charge in [0.25, 0.3) is 0 Å². The van der Waals surface area contributed by atoms with Crippen LogP contribution in [-0.2, 0) is 40.5 Å². The number of azo groups is 1. The molecule has 31 heteroatoms. The molecule has 6 aromatic rings. The quantitative estimate of drug-likeness (QED) is 0.0300. The van der Waals surface area contributed by atoms with Gasteiger partial charge in [-0.25, -0.2) is 30.0 Å². The van der Waals surface area contributed by atoms with Crippen LogP contribution < -0.4 is 148 Å². The minimum atomic E-state index is -5.37. The third kappa shape index (κ3) is 14.9. The maximum absolute atomic E-state index is 13.5. The summed E-state index contributed by atoms with van der Waals surface area (Å²) in [6.45, 7) is 1.49. The molecular weight excluding hydrogens is 1080 g/mol. The van der Waals surface area contributed by atoms with Crippen molar-refractivity contribution >= 4 is 109 Å². The number of rotatable bonds is 14. The van der Waals surface area contributed by atoms with Crippen molar-refractivity contribution in [3.8, 4) is 11.5 Å². The Balaban J connectivity index is 0.00000352. The Morgan fingerprint density at radius 2 is 1.23 bits per heavy atom. The maximum Gasteiger partial charge on any atom is 1.00 e. The molecule has 3 N–H and O–H groups in total. The van der Waals surface area contributed by atoms with Crippen molar-refractivity contribution in [2.24, 2.45) is 15.3 Å². The number of nitrogens with zero attached hydrogens (tertiary/aromatic N) is 3. The van der Waals surface area contributed by atoms with Gasteiger partial charge in [0, 0.05) is 28.9 Å². The number of benzene rings is 6. The molecule has 0 aromatic heterocycles. The summed E-state index contributed by atoms with van der Waals surface area (Å²) in [6.07, 6.45) is 0.848. The predicted molar refractivity (Wildman–Crippen MR) is 239 cm³/mol. The van der Waals surface area contributed by atoms with Gasteiger partial charge in [-0.05, 0) is 90.2 Å². The molecule has 0 heterocycles. The average molecular weight is 1110 g/mol. The SMILES string of the molecule is COc1cc(N=Nc2cc(S(=O)(=O)[O-])cc3cc(S(=O)(=O)[O-])cc(OS(=O)(=O)c4ccccc4)c23)c(C)cc1NC(=O)Nc1ccc2c(c1)C=C(S(=O)(=O)[O-])C(=NNc1ccccc1C(=O)[O-])C2=O.[Na+].[Na+].[Na+].[Na+]. The van der Waals surface area contributed by atoms with Gasteiger partial charge in [0.15, 0.2) is 5.75 Å². The van der Waals surface area contributed by atoms with E-state index in [1.54, 1.807) is 0 Å². The Morgan fingerprint density at radius 1 is 0.630 bits per heavy atom. The van der Waals surface area contributed by atoms with E-state index < -0.39 is 95.5 Å².